The van der Waals surface area contributed by atoms with Gasteiger partial charge >= 0.3 is 0 Å². The first kappa shape index (κ1) is 18.8. The van der Waals surface area contributed by atoms with Crippen molar-refractivity contribution in [3.63, 3.8) is 0 Å². The smallest absolute Gasteiger partial charge is 0.272 e. The lowest BCUT2D eigenvalue weighted by Gasteiger charge is -2.41. The summed E-state index contributed by atoms with van der Waals surface area (Å²) in [6.45, 7) is 3.56. The van der Waals surface area contributed by atoms with Gasteiger partial charge in [-0.15, -0.1) is 0 Å². The van der Waals surface area contributed by atoms with Gasteiger partial charge in [0.25, 0.3) is 5.69 Å². The Balaban J connectivity index is 1.48. The van der Waals surface area contributed by atoms with Gasteiger partial charge in [0.05, 0.1) is 34.5 Å². The van der Waals surface area contributed by atoms with Gasteiger partial charge in [0.2, 0.25) is 0 Å². The second-order valence-corrected chi connectivity index (χ2v) is 7.17. The van der Waals surface area contributed by atoms with E-state index in [4.69, 9.17) is 4.74 Å². The second kappa shape index (κ2) is 8.20. The summed E-state index contributed by atoms with van der Waals surface area (Å²) >= 11 is 0. The third kappa shape index (κ3) is 3.83. The van der Waals surface area contributed by atoms with Crippen LogP contribution in [0, 0.1) is 15.9 Å². The molecule has 2 aliphatic rings. The molecule has 3 heterocycles. The molecule has 1 aromatic carbocycles. The molecule has 2 unspecified atom stereocenters. The zero-order chi connectivity index (χ0) is 19.5. The molecule has 0 spiro atoms. The minimum absolute atomic E-state index is 0.0903. The number of rotatable bonds is 5. The standard InChI is InChI=1S/C20H23FN4O3/c21-16-14-15(25(26)27)6-7-18(16)23-9-11-24(12-10-23)20(19-5-3-13-28-19)17-4-1-2-8-22-17/h1-2,4,6-8,14,19-20H,3,5,9-13H2. The number of nitro benzene ring substituents is 1. The number of piperazine rings is 1. The van der Waals surface area contributed by atoms with Gasteiger partial charge in [0.15, 0.2) is 5.82 Å². The maximum atomic E-state index is 14.4. The SMILES string of the molecule is O=[N+]([O-])c1ccc(N2CCN(C(c3ccccn3)C3CCCO3)CC2)c(F)c1. The van der Waals surface area contributed by atoms with Crippen molar-refractivity contribution in [2.24, 2.45) is 0 Å². The van der Waals surface area contributed by atoms with Crippen molar-refractivity contribution in [1.29, 1.82) is 0 Å². The van der Waals surface area contributed by atoms with E-state index >= 15 is 0 Å². The number of pyridine rings is 1. The molecular formula is C20H23FN4O3. The Bertz CT molecular complexity index is 821. The van der Waals surface area contributed by atoms with E-state index in [1.165, 1.54) is 12.1 Å². The third-order valence-corrected chi connectivity index (χ3v) is 5.50. The molecule has 2 fully saturated rings. The van der Waals surface area contributed by atoms with Crippen molar-refractivity contribution in [1.82, 2.24) is 9.88 Å². The number of hydrogen-bond donors (Lipinski definition) is 0. The summed E-state index contributed by atoms with van der Waals surface area (Å²) < 4.78 is 20.3. The fraction of sp³-hybridized carbons (Fsp3) is 0.450. The van der Waals surface area contributed by atoms with Crippen molar-refractivity contribution in [3.05, 3.63) is 64.2 Å². The van der Waals surface area contributed by atoms with Crippen LogP contribution in [0.25, 0.3) is 0 Å². The highest BCUT2D eigenvalue weighted by atomic mass is 19.1. The topological polar surface area (TPSA) is 71.7 Å². The van der Waals surface area contributed by atoms with Gasteiger partial charge in [0.1, 0.15) is 0 Å². The van der Waals surface area contributed by atoms with E-state index in [1.807, 2.05) is 23.1 Å². The highest BCUT2D eigenvalue weighted by Crippen LogP contribution is 2.33. The van der Waals surface area contributed by atoms with Gasteiger partial charge in [-0.1, -0.05) is 6.07 Å². The highest BCUT2D eigenvalue weighted by molar-refractivity contribution is 5.52. The van der Waals surface area contributed by atoms with Crippen molar-refractivity contribution >= 4 is 11.4 Å². The molecule has 2 saturated heterocycles. The Morgan fingerprint density at radius 3 is 2.64 bits per heavy atom. The molecule has 2 aliphatic heterocycles. The molecule has 0 N–H and O–H groups in total. The fourth-order valence-corrected chi connectivity index (χ4v) is 4.12. The molecular weight excluding hydrogens is 363 g/mol. The lowest BCUT2D eigenvalue weighted by Crippen LogP contribution is -2.50. The predicted molar refractivity (Wildman–Crippen MR) is 103 cm³/mol. The number of hydrogen-bond acceptors (Lipinski definition) is 6. The minimum Gasteiger partial charge on any atom is -0.376 e. The van der Waals surface area contributed by atoms with Crippen molar-refractivity contribution in [3.8, 4) is 0 Å². The van der Waals surface area contributed by atoms with E-state index in [0.717, 1.165) is 44.3 Å². The van der Waals surface area contributed by atoms with Crippen molar-refractivity contribution in [2.45, 2.75) is 25.0 Å². The van der Waals surface area contributed by atoms with Crippen LogP contribution in [-0.2, 0) is 4.74 Å². The van der Waals surface area contributed by atoms with Gasteiger partial charge in [-0.3, -0.25) is 20.0 Å². The Labute approximate surface area is 162 Å². The molecule has 7 nitrogen and oxygen atoms in total. The van der Waals surface area contributed by atoms with Crippen LogP contribution < -0.4 is 4.90 Å². The molecule has 8 heteroatoms. The van der Waals surface area contributed by atoms with Gasteiger partial charge < -0.3 is 9.64 Å². The number of non-ortho nitro benzene ring substituents is 1. The molecule has 0 saturated carbocycles. The normalized spacial score (nSPS) is 21.6. The number of nitrogens with zero attached hydrogens (tertiary/aromatic N) is 4. The highest BCUT2D eigenvalue weighted by Gasteiger charge is 2.35. The predicted octanol–water partition coefficient (Wildman–Crippen LogP) is 3.17. The number of anilines is 1. The Morgan fingerprint density at radius 2 is 2.04 bits per heavy atom. The molecule has 4 rings (SSSR count). The van der Waals surface area contributed by atoms with Crippen LogP contribution in [0.3, 0.4) is 0 Å². The molecule has 0 aliphatic carbocycles. The second-order valence-electron chi connectivity index (χ2n) is 7.17. The summed E-state index contributed by atoms with van der Waals surface area (Å²) in [4.78, 5) is 19.1. The van der Waals surface area contributed by atoms with Gasteiger partial charge in [0, 0.05) is 45.0 Å². The van der Waals surface area contributed by atoms with Crippen LogP contribution in [0.5, 0.6) is 0 Å². The first-order chi connectivity index (χ1) is 13.6. The quantitative estimate of drug-likeness (QED) is 0.581. The molecule has 0 radical (unpaired) electrons. The van der Waals surface area contributed by atoms with Crippen molar-refractivity contribution < 1.29 is 14.1 Å². The first-order valence-corrected chi connectivity index (χ1v) is 9.59. The maximum Gasteiger partial charge on any atom is 0.272 e. The average Bonchev–Trinajstić information content (AvgIpc) is 3.24. The zero-order valence-corrected chi connectivity index (χ0v) is 15.5. The summed E-state index contributed by atoms with van der Waals surface area (Å²) in [6, 6.07) is 9.87. The third-order valence-electron chi connectivity index (χ3n) is 5.50. The number of nitro groups is 1. The summed E-state index contributed by atoms with van der Waals surface area (Å²) in [7, 11) is 0. The lowest BCUT2D eigenvalue weighted by atomic mass is 10.0. The van der Waals surface area contributed by atoms with Crippen LogP contribution in [0.15, 0.2) is 42.6 Å². The number of halogens is 1. The van der Waals surface area contributed by atoms with Gasteiger partial charge in [-0.25, -0.2) is 4.39 Å². The molecule has 148 valence electrons. The largest absolute Gasteiger partial charge is 0.376 e. The van der Waals surface area contributed by atoms with Crippen LogP contribution in [0.4, 0.5) is 15.8 Å². The minimum atomic E-state index is -0.580. The van der Waals surface area contributed by atoms with E-state index in [-0.39, 0.29) is 17.8 Å². The van der Waals surface area contributed by atoms with Crippen molar-refractivity contribution in [2.75, 3.05) is 37.7 Å². The van der Waals surface area contributed by atoms with Crippen LogP contribution in [0.2, 0.25) is 0 Å². The Morgan fingerprint density at radius 1 is 1.21 bits per heavy atom. The van der Waals surface area contributed by atoms with Crippen LogP contribution in [0.1, 0.15) is 24.6 Å². The average molecular weight is 386 g/mol. The molecule has 2 atom stereocenters. The van der Waals surface area contributed by atoms with E-state index in [9.17, 15) is 14.5 Å². The number of ether oxygens (including phenoxy) is 1. The van der Waals surface area contributed by atoms with E-state index in [2.05, 4.69) is 9.88 Å². The lowest BCUT2D eigenvalue weighted by molar-refractivity contribution is -0.385. The Kier molecular flexibility index (Phi) is 5.50. The van der Waals surface area contributed by atoms with Crippen LogP contribution in [-0.4, -0.2) is 53.7 Å². The van der Waals surface area contributed by atoms with E-state index in [0.29, 0.717) is 18.8 Å². The maximum absolute atomic E-state index is 14.4. The molecule has 28 heavy (non-hydrogen) atoms. The molecule has 0 amide bonds. The molecule has 2 aromatic rings. The number of benzene rings is 1. The summed E-state index contributed by atoms with van der Waals surface area (Å²) in [6.07, 6.45) is 4.00. The monoisotopic (exact) mass is 386 g/mol. The Hall–Kier alpha value is -2.58. The van der Waals surface area contributed by atoms with E-state index in [1.54, 1.807) is 6.20 Å². The van der Waals surface area contributed by atoms with Crippen LogP contribution >= 0.6 is 0 Å². The summed E-state index contributed by atoms with van der Waals surface area (Å²) in [5, 5.41) is 10.8. The zero-order valence-electron chi connectivity index (χ0n) is 15.5. The molecule has 0 bridgehead atoms. The first-order valence-electron chi connectivity index (χ1n) is 9.59. The molecule has 1 aromatic heterocycles. The van der Waals surface area contributed by atoms with Gasteiger partial charge in [-0.2, -0.15) is 0 Å². The fourth-order valence-electron chi connectivity index (χ4n) is 4.12. The van der Waals surface area contributed by atoms with E-state index < -0.39 is 10.7 Å². The number of aromatic nitrogens is 1. The summed E-state index contributed by atoms with van der Waals surface area (Å²) in [5.74, 6) is -0.553. The summed E-state index contributed by atoms with van der Waals surface area (Å²) in [5.41, 5.74) is 1.19. The van der Waals surface area contributed by atoms with Gasteiger partial charge in [-0.05, 0) is 31.0 Å².